The van der Waals surface area contributed by atoms with Crippen LogP contribution in [-0.2, 0) is 12.3 Å². The highest BCUT2D eigenvalue weighted by Gasteiger charge is 2.44. The van der Waals surface area contributed by atoms with E-state index in [2.05, 4.69) is 10.2 Å². The molecule has 2 heterocycles. The molecular formula is C23H28FN3O2. The largest absolute Gasteiger partial charge is 0.372 e. The van der Waals surface area contributed by atoms with Crippen LogP contribution < -0.4 is 5.32 Å². The zero-order valence-corrected chi connectivity index (χ0v) is 17.2. The topological polar surface area (TPSA) is 55.8 Å². The van der Waals surface area contributed by atoms with Gasteiger partial charge in [-0.1, -0.05) is 44.2 Å². The highest BCUT2D eigenvalue weighted by molar-refractivity contribution is 5.99. The first kappa shape index (κ1) is 20.9. The van der Waals surface area contributed by atoms with Gasteiger partial charge in [0, 0.05) is 42.5 Å². The molecule has 4 rings (SSSR count). The first-order valence-corrected chi connectivity index (χ1v) is 10.0. The predicted octanol–water partition coefficient (Wildman–Crippen LogP) is 3.77. The van der Waals surface area contributed by atoms with E-state index in [1.165, 1.54) is 17.0 Å². The molecule has 0 bridgehead atoms. The lowest BCUT2D eigenvalue weighted by Crippen LogP contribution is -2.42. The fraction of sp³-hybridized carbons (Fsp3) is 0.348. The summed E-state index contributed by atoms with van der Waals surface area (Å²) in [6, 6.07) is 13.7. The molecule has 1 amide bonds. The summed E-state index contributed by atoms with van der Waals surface area (Å²) in [6.45, 7) is 7.39. The van der Waals surface area contributed by atoms with Crippen molar-refractivity contribution in [2.75, 3.05) is 13.2 Å². The standard InChI is InChI=1S/C21H22FN3O2.C2H6/c1-21(27)19-5-3-2-4-18(19)20(26)25(21)11-10-17-12-23-14-24(17)13-15-6-8-16(22)9-7-15;1-2/h2-9,12,23,27H,10-11,13-14H2,1H3;1-2H3. The lowest BCUT2D eigenvalue weighted by Gasteiger charge is -2.32. The first-order chi connectivity index (χ1) is 14.0. The molecule has 6 heteroatoms. The van der Waals surface area contributed by atoms with Crippen LogP contribution in [0, 0.1) is 5.82 Å². The first-order valence-electron chi connectivity index (χ1n) is 10.0. The van der Waals surface area contributed by atoms with Crippen LogP contribution in [0.4, 0.5) is 4.39 Å². The number of hydrogen-bond donors (Lipinski definition) is 2. The summed E-state index contributed by atoms with van der Waals surface area (Å²) in [5.41, 5.74) is 1.98. The molecule has 2 aromatic rings. The molecule has 0 fully saturated rings. The van der Waals surface area contributed by atoms with Gasteiger partial charge in [0.25, 0.3) is 5.91 Å². The Morgan fingerprint density at radius 1 is 1.14 bits per heavy atom. The van der Waals surface area contributed by atoms with Crippen molar-refractivity contribution in [3.05, 3.63) is 82.9 Å². The van der Waals surface area contributed by atoms with Gasteiger partial charge < -0.3 is 20.2 Å². The van der Waals surface area contributed by atoms with Gasteiger partial charge in [-0.05, 0) is 30.7 Å². The molecule has 0 saturated carbocycles. The average Bonchev–Trinajstić information content (AvgIpc) is 3.25. The van der Waals surface area contributed by atoms with E-state index in [0.717, 1.165) is 11.3 Å². The van der Waals surface area contributed by atoms with Gasteiger partial charge in [-0.2, -0.15) is 0 Å². The number of rotatable bonds is 5. The van der Waals surface area contributed by atoms with Gasteiger partial charge in [-0.15, -0.1) is 0 Å². The second kappa shape index (κ2) is 8.66. The Balaban J connectivity index is 0.00000117. The Bertz CT molecular complexity index is 893. The van der Waals surface area contributed by atoms with Crippen molar-refractivity contribution in [3.63, 3.8) is 0 Å². The molecule has 0 radical (unpaired) electrons. The number of carbonyl (C=O) groups excluding carboxylic acids is 1. The van der Waals surface area contributed by atoms with Gasteiger partial charge >= 0.3 is 0 Å². The lowest BCUT2D eigenvalue weighted by molar-refractivity contribution is -0.0683. The van der Waals surface area contributed by atoms with Crippen molar-refractivity contribution in [3.8, 4) is 0 Å². The number of halogens is 1. The number of aliphatic hydroxyl groups is 1. The molecule has 2 aromatic carbocycles. The number of amides is 1. The van der Waals surface area contributed by atoms with Gasteiger partial charge in [-0.25, -0.2) is 4.39 Å². The Labute approximate surface area is 171 Å². The maximum Gasteiger partial charge on any atom is 0.256 e. The minimum Gasteiger partial charge on any atom is -0.372 e. The third-order valence-electron chi connectivity index (χ3n) is 5.27. The van der Waals surface area contributed by atoms with Gasteiger partial charge in [0.05, 0.1) is 6.67 Å². The number of hydrogen-bond acceptors (Lipinski definition) is 4. The van der Waals surface area contributed by atoms with Gasteiger partial charge in [0.15, 0.2) is 5.72 Å². The van der Waals surface area contributed by atoms with Crippen LogP contribution in [0.5, 0.6) is 0 Å². The van der Waals surface area contributed by atoms with Crippen LogP contribution in [0.1, 0.15) is 48.7 Å². The predicted molar refractivity (Wildman–Crippen MR) is 111 cm³/mol. The Morgan fingerprint density at radius 2 is 1.83 bits per heavy atom. The molecule has 154 valence electrons. The van der Waals surface area contributed by atoms with E-state index in [1.54, 1.807) is 31.2 Å². The molecule has 0 saturated heterocycles. The van der Waals surface area contributed by atoms with Crippen LogP contribution in [0.2, 0.25) is 0 Å². The summed E-state index contributed by atoms with van der Waals surface area (Å²) in [4.78, 5) is 16.4. The molecule has 1 unspecified atom stereocenters. The number of nitrogens with one attached hydrogen (secondary N) is 1. The van der Waals surface area contributed by atoms with Crippen molar-refractivity contribution < 1.29 is 14.3 Å². The molecular weight excluding hydrogens is 369 g/mol. The van der Waals surface area contributed by atoms with Crippen LogP contribution in [0.3, 0.4) is 0 Å². The zero-order chi connectivity index (χ0) is 21.0. The van der Waals surface area contributed by atoms with E-state index in [4.69, 9.17) is 0 Å². The summed E-state index contributed by atoms with van der Waals surface area (Å²) < 4.78 is 13.1. The maximum absolute atomic E-state index is 13.1. The highest BCUT2D eigenvalue weighted by atomic mass is 19.1. The molecule has 2 aliphatic heterocycles. The van der Waals surface area contributed by atoms with Crippen molar-refractivity contribution in [2.24, 2.45) is 0 Å². The monoisotopic (exact) mass is 397 g/mol. The zero-order valence-electron chi connectivity index (χ0n) is 17.2. The quantitative estimate of drug-likeness (QED) is 0.807. The molecule has 2 aliphatic rings. The molecule has 0 spiro atoms. The Kier molecular flexibility index (Phi) is 6.23. The lowest BCUT2D eigenvalue weighted by atomic mass is 10.0. The smallest absolute Gasteiger partial charge is 0.256 e. The number of benzene rings is 2. The SMILES string of the molecule is CC.CC1(O)c2ccccc2C(=O)N1CCC1=CNCN1Cc1ccc(F)cc1. The van der Waals surface area contributed by atoms with Crippen LogP contribution >= 0.6 is 0 Å². The average molecular weight is 397 g/mol. The summed E-state index contributed by atoms with van der Waals surface area (Å²) in [7, 11) is 0. The van der Waals surface area contributed by atoms with E-state index in [0.29, 0.717) is 37.3 Å². The van der Waals surface area contributed by atoms with Crippen molar-refractivity contribution in [1.82, 2.24) is 15.1 Å². The van der Waals surface area contributed by atoms with Crippen LogP contribution in [0.25, 0.3) is 0 Å². The molecule has 0 aromatic heterocycles. The van der Waals surface area contributed by atoms with Crippen LogP contribution in [-0.4, -0.2) is 34.0 Å². The van der Waals surface area contributed by atoms with Gasteiger partial charge in [0.2, 0.25) is 0 Å². The van der Waals surface area contributed by atoms with E-state index < -0.39 is 5.72 Å². The third kappa shape index (κ3) is 4.12. The molecule has 29 heavy (non-hydrogen) atoms. The van der Waals surface area contributed by atoms with Crippen molar-refractivity contribution >= 4 is 5.91 Å². The third-order valence-corrected chi connectivity index (χ3v) is 5.27. The summed E-state index contributed by atoms with van der Waals surface area (Å²) >= 11 is 0. The molecule has 0 aliphatic carbocycles. The molecule has 5 nitrogen and oxygen atoms in total. The Hall–Kier alpha value is -2.86. The fourth-order valence-corrected chi connectivity index (χ4v) is 3.78. The van der Waals surface area contributed by atoms with E-state index in [9.17, 15) is 14.3 Å². The normalized spacial score (nSPS) is 20.0. The minimum absolute atomic E-state index is 0.146. The fourth-order valence-electron chi connectivity index (χ4n) is 3.78. The van der Waals surface area contributed by atoms with Gasteiger partial charge in [-0.3, -0.25) is 4.79 Å². The maximum atomic E-state index is 13.1. The second-order valence-corrected chi connectivity index (χ2v) is 7.10. The second-order valence-electron chi connectivity index (χ2n) is 7.10. The molecule has 2 N–H and O–H groups in total. The number of nitrogens with zero attached hydrogens (tertiary/aromatic N) is 2. The van der Waals surface area contributed by atoms with E-state index in [-0.39, 0.29) is 11.7 Å². The van der Waals surface area contributed by atoms with E-state index in [1.807, 2.05) is 32.2 Å². The van der Waals surface area contributed by atoms with Crippen molar-refractivity contribution in [2.45, 2.75) is 39.5 Å². The van der Waals surface area contributed by atoms with Crippen molar-refractivity contribution in [1.29, 1.82) is 0 Å². The number of fused-ring (bicyclic) bond motifs is 1. The molecule has 1 atom stereocenters. The number of carbonyl (C=O) groups is 1. The highest BCUT2D eigenvalue weighted by Crippen LogP contribution is 2.37. The summed E-state index contributed by atoms with van der Waals surface area (Å²) in [5, 5.41) is 14.1. The summed E-state index contributed by atoms with van der Waals surface area (Å²) in [5.74, 6) is -0.393. The Morgan fingerprint density at radius 3 is 2.52 bits per heavy atom. The van der Waals surface area contributed by atoms with E-state index >= 15 is 0 Å². The minimum atomic E-state index is -1.30. The van der Waals surface area contributed by atoms with Crippen LogP contribution in [0.15, 0.2) is 60.4 Å². The summed E-state index contributed by atoms with van der Waals surface area (Å²) in [6.07, 6.45) is 2.55. The van der Waals surface area contributed by atoms with Gasteiger partial charge in [0.1, 0.15) is 5.82 Å².